The molecule has 6 nitrogen and oxygen atoms in total. The molecule has 1 N–H and O–H groups in total. The Balaban J connectivity index is 2.39. The first-order valence-corrected chi connectivity index (χ1v) is 7.83. The van der Waals surface area contributed by atoms with E-state index >= 15 is 0 Å². The molecule has 23 heavy (non-hydrogen) atoms. The number of rotatable bonds is 2. The second kappa shape index (κ2) is 6.48. The Kier molecular flexibility index (Phi) is 4.82. The summed E-state index contributed by atoms with van der Waals surface area (Å²) in [5.41, 5.74) is 0.238. The van der Waals surface area contributed by atoms with Gasteiger partial charge in [-0.25, -0.2) is 9.59 Å². The van der Waals surface area contributed by atoms with Gasteiger partial charge >= 0.3 is 12.1 Å². The van der Waals surface area contributed by atoms with Crippen molar-refractivity contribution in [3.8, 4) is 0 Å². The Morgan fingerprint density at radius 1 is 1.39 bits per heavy atom. The minimum absolute atomic E-state index is 0.245. The molecule has 0 saturated heterocycles. The molecule has 0 spiro atoms. The molecule has 0 bridgehead atoms. The van der Waals surface area contributed by atoms with Crippen molar-refractivity contribution in [1.29, 1.82) is 0 Å². The number of amides is 4. The molecule has 2 rings (SSSR count). The van der Waals surface area contributed by atoms with Crippen molar-refractivity contribution in [3.63, 3.8) is 0 Å². The molecular formula is C17H24N4O2. The second-order valence-corrected chi connectivity index (χ2v) is 7.20. The van der Waals surface area contributed by atoms with Crippen molar-refractivity contribution in [2.24, 2.45) is 21.8 Å². The van der Waals surface area contributed by atoms with Gasteiger partial charge in [0.2, 0.25) is 0 Å². The summed E-state index contributed by atoms with van der Waals surface area (Å²) >= 11 is 0. The molecule has 0 fully saturated rings. The number of carbonyl (C=O) groups is 2. The van der Waals surface area contributed by atoms with Crippen LogP contribution < -0.4 is 5.32 Å². The van der Waals surface area contributed by atoms with Gasteiger partial charge < -0.3 is 5.32 Å². The van der Waals surface area contributed by atoms with E-state index in [1.165, 1.54) is 4.90 Å². The van der Waals surface area contributed by atoms with Crippen LogP contribution in [0.1, 0.15) is 34.6 Å². The first kappa shape index (κ1) is 17.1. The molecule has 6 heteroatoms. The summed E-state index contributed by atoms with van der Waals surface area (Å²) in [5.74, 6) is 0.424. The van der Waals surface area contributed by atoms with E-state index in [0.29, 0.717) is 18.1 Å². The zero-order valence-electron chi connectivity index (χ0n) is 14.3. The summed E-state index contributed by atoms with van der Waals surface area (Å²) in [6, 6.07) is -0.814. The number of allylic oxidation sites excluding steroid dienone is 3. The van der Waals surface area contributed by atoms with Crippen LogP contribution in [0, 0.1) is 11.8 Å². The van der Waals surface area contributed by atoms with Crippen molar-refractivity contribution in [2.45, 2.75) is 40.2 Å². The van der Waals surface area contributed by atoms with E-state index in [1.54, 1.807) is 6.08 Å². The van der Waals surface area contributed by atoms with E-state index in [4.69, 9.17) is 0 Å². The van der Waals surface area contributed by atoms with Gasteiger partial charge in [0.15, 0.2) is 0 Å². The van der Waals surface area contributed by atoms with Crippen LogP contribution in [0.5, 0.6) is 0 Å². The van der Waals surface area contributed by atoms with E-state index in [2.05, 4.69) is 15.3 Å². The van der Waals surface area contributed by atoms with E-state index in [9.17, 15) is 9.59 Å². The quantitative estimate of drug-likeness (QED) is 0.849. The number of carbonyl (C=O) groups excluding carboxylic acids is 2. The largest absolute Gasteiger partial charge is 0.349 e. The number of fused-ring (bicyclic) bond motifs is 1. The van der Waals surface area contributed by atoms with Crippen LogP contribution in [0.25, 0.3) is 0 Å². The van der Waals surface area contributed by atoms with E-state index < -0.39 is 6.03 Å². The zero-order chi connectivity index (χ0) is 17.2. The van der Waals surface area contributed by atoms with Crippen LogP contribution in [0.4, 0.5) is 9.59 Å². The highest BCUT2D eigenvalue weighted by Gasteiger charge is 2.34. The van der Waals surface area contributed by atoms with Crippen molar-refractivity contribution in [1.82, 2.24) is 10.2 Å². The second-order valence-electron chi connectivity index (χ2n) is 7.20. The lowest BCUT2D eigenvalue weighted by molar-refractivity contribution is 0.223. The van der Waals surface area contributed by atoms with E-state index in [-0.39, 0.29) is 23.4 Å². The standard InChI is InChI=1S/C17H24N4O2/c1-11(2)10-21-14(19-15(22)20-17(3,4)5)12-8-6-7-9-13(12)18-16(21)23/h6-9,11-12H,10H2,1-5H3,(H,20,22)/b19-14+. The average molecular weight is 316 g/mol. The van der Waals surface area contributed by atoms with Crippen LogP contribution in [0.15, 0.2) is 34.3 Å². The van der Waals surface area contributed by atoms with Gasteiger partial charge in [-0.1, -0.05) is 32.1 Å². The van der Waals surface area contributed by atoms with Crippen molar-refractivity contribution in [2.75, 3.05) is 6.54 Å². The molecular weight excluding hydrogens is 292 g/mol. The van der Waals surface area contributed by atoms with Crippen LogP contribution in [-0.4, -0.2) is 40.6 Å². The molecule has 124 valence electrons. The summed E-state index contributed by atoms with van der Waals surface area (Å²) < 4.78 is 0. The normalized spacial score (nSPS) is 22.4. The summed E-state index contributed by atoms with van der Waals surface area (Å²) in [6.45, 7) is 10.2. The van der Waals surface area contributed by atoms with Gasteiger partial charge in [0.25, 0.3) is 0 Å². The third-order valence-corrected chi connectivity index (χ3v) is 3.26. The molecule has 0 radical (unpaired) electrons. The first-order valence-electron chi connectivity index (χ1n) is 7.83. The zero-order valence-corrected chi connectivity index (χ0v) is 14.3. The maximum absolute atomic E-state index is 12.3. The van der Waals surface area contributed by atoms with Gasteiger partial charge in [-0.05, 0) is 32.8 Å². The lowest BCUT2D eigenvalue weighted by atomic mass is 9.94. The molecule has 0 aromatic rings. The van der Waals surface area contributed by atoms with Gasteiger partial charge in [0.05, 0.1) is 11.6 Å². The third kappa shape index (κ3) is 4.37. The maximum atomic E-state index is 12.3. The lowest BCUT2D eigenvalue weighted by Crippen LogP contribution is -2.49. The van der Waals surface area contributed by atoms with Crippen LogP contribution in [0.3, 0.4) is 0 Å². The highest BCUT2D eigenvalue weighted by atomic mass is 16.2. The Labute approximate surface area is 137 Å². The summed E-state index contributed by atoms with van der Waals surface area (Å²) in [4.78, 5) is 34.4. The fourth-order valence-electron chi connectivity index (χ4n) is 2.41. The number of amidine groups is 1. The highest BCUT2D eigenvalue weighted by molar-refractivity contribution is 6.24. The third-order valence-electron chi connectivity index (χ3n) is 3.26. The number of aliphatic imine (C=N–C) groups is 2. The van der Waals surface area contributed by atoms with Crippen LogP contribution in [0.2, 0.25) is 0 Å². The highest BCUT2D eigenvalue weighted by Crippen LogP contribution is 2.22. The fraction of sp³-hybridized carbons (Fsp3) is 0.529. The predicted octanol–water partition coefficient (Wildman–Crippen LogP) is 3.17. The fourth-order valence-corrected chi connectivity index (χ4v) is 2.41. The maximum Gasteiger partial charge on any atom is 0.349 e. The van der Waals surface area contributed by atoms with Crippen LogP contribution >= 0.6 is 0 Å². The van der Waals surface area contributed by atoms with Gasteiger partial charge in [-0.2, -0.15) is 9.98 Å². The SMILES string of the molecule is CC(C)CN1C(=O)N=C2C=CC=CC2/C1=N\C(=O)NC(C)(C)C. The summed E-state index contributed by atoms with van der Waals surface area (Å²) in [5, 5.41) is 2.80. The smallest absolute Gasteiger partial charge is 0.332 e. The molecule has 0 aromatic carbocycles. The van der Waals surface area contributed by atoms with E-state index in [0.717, 1.165) is 0 Å². The molecule has 4 amide bonds. The monoisotopic (exact) mass is 316 g/mol. The minimum Gasteiger partial charge on any atom is -0.332 e. The van der Waals surface area contributed by atoms with Crippen molar-refractivity contribution >= 4 is 23.6 Å². The molecule has 1 atom stereocenters. The Hall–Kier alpha value is -2.24. The molecule has 2 aliphatic rings. The molecule has 0 saturated carbocycles. The minimum atomic E-state index is -0.446. The Bertz CT molecular complexity index is 621. The Morgan fingerprint density at radius 2 is 2.09 bits per heavy atom. The number of hydrogen-bond donors (Lipinski definition) is 1. The summed E-state index contributed by atoms with van der Waals surface area (Å²) in [6.07, 6.45) is 7.39. The molecule has 1 aliphatic heterocycles. The lowest BCUT2D eigenvalue weighted by Gasteiger charge is -2.33. The van der Waals surface area contributed by atoms with Crippen molar-refractivity contribution in [3.05, 3.63) is 24.3 Å². The van der Waals surface area contributed by atoms with Crippen molar-refractivity contribution < 1.29 is 9.59 Å². The summed E-state index contributed by atoms with van der Waals surface area (Å²) in [7, 11) is 0. The molecule has 1 aliphatic carbocycles. The predicted molar refractivity (Wildman–Crippen MR) is 91.9 cm³/mol. The number of urea groups is 2. The van der Waals surface area contributed by atoms with Gasteiger partial charge in [0, 0.05) is 12.1 Å². The Morgan fingerprint density at radius 3 is 2.70 bits per heavy atom. The molecule has 0 aromatic heterocycles. The first-order chi connectivity index (χ1) is 10.7. The number of hydrogen-bond acceptors (Lipinski definition) is 2. The number of nitrogens with one attached hydrogen (secondary N) is 1. The van der Waals surface area contributed by atoms with Gasteiger partial charge in [0.1, 0.15) is 5.84 Å². The average Bonchev–Trinajstić information content (AvgIpc) is 2.40. The van der Waals surface area contributed by atoms with Crippen LogP contribution in [-0.2, 0) is 0 Å². The van der Waals surface area contributed by atoms with Gasteiger partial charge in [-0.3, -0.25) is 4.90 Å². The van der Waals surface area contributed by atoms with Gasteiger partial charge in [-0.15, -0.1) is 0 Å². The van der Waals surface area contributed by atoms with E-state index in [1.807, 2.05) is 52.8 Å². The molecule has 1 heterocycles. The number of nitrogens with zero attached hydrogens (tertiary/aromatic N) is 3. The topological polar surface area (TPSA) is 74.1 Å². The molecule has 1 unspecified atom stereocenters.